The molecule has 2 unspecified atom stereocenters. The number of amides is 1. The highest BCUT2D eigenvalue weighted by atomic mass is 19.4. The molecular formula is C30H33F3N4O2. The van der Waals surface area contributed by atoms with Gasteiger partial charge in [-0.15, -0.1) is 0 Å². The second kappa shape index (κ2) is 9.55. The molecule has 1 amide bonds. The molecule has 2 aromatic carbocycles. The fourth-order valence-electron chi connectivity index (χ4n) is 5.79. The van der Waals surface area contributed by atoms with Crippen molar-refractivity contribution in [2.24, 2.45) is 0 Å². The van der Waals surface area contributed by atoms with Crippen molar-refractivity contribution in [1.82, 2.24) is 4.90 Å². The van der Waals surface area contributed by atoms with Crippen molar-refractivity contribution in [3.63, 3.8) is 0 Å². The number of carbonyl (C=O) groups excluding carboxylic acids is 1. The molecule has 2 fully saturated rings. The highest BCUT2D eigenvalue weighted by molar-refractivity contribution is 6.11. The van der Waals surface area contributed by atoms with Gasteiger partial charge in [-0.25, -0.2) is 4.73 Å². The van der Waals surface area contributed by atoms with Crippen LogP contribution in [0.1, 0.15) is 36.1 Å². The van der Waals surface area contributed by atoms with Crippen LogP contribution in [-0.2, 0) is 16.4 Å². The van der Waals surface area contributed by atoms with E-state index in [0.717, 1.165) is 46.6 Å². The first-order valence-electron chi connectivity index (χ1n) is 13.1. The van der Waals surface area contributed by atoms with Crippen molar-refractivity contribution < 1.29 is 22.7 Å². The topological polar surface area (TPSA) is 53.7 Å². The molecule has 6 nitrogen and oxygen atoms in total. The Labute approximate surface area is 226 Å². The van der Waals surface area contributed by atoms with Gasteiger partial charge in [-0.2, -0.15) is 13.2 Å². The van der Waals surface area contributed by atoms with Crippen LogP contribution in [0, 0.1) is 19.1 Å². The summed E-state index contributed by atoms with van der Waals surface area (Å²) in [4.78, 5) is 19.7. The number of aryl methyl sites for hydroxylation is 2. The number of benzene rings is 2. The van der Waals surface area contributed by atoms with Gasteiger partial charge < -0.3 is 10.1 Å². The van der Waals surface area contributed by atoms with Crippen LogP contribution < -0.4 is 14.5 Å². The Morgan fingerprint density at radius 1 is 1.00 bits per heavy atom. The predicted molar refractivity (Wildman–Crippen MR) is 146 cm³/mol. The van der Waals surface area contributed by atoms with E-state index in [0.29, 0.717) is 35.7 Å². The van der Waals surface area contributed by atoms with E-state index in [-0.39, 0.29) is 5.91 Å². The van der Waals surface area contributed by atoms with Crippen molar-refractivity contribution in [2.45, 2.75) is 45.3 Å². The van der Waals surface area contributed by atoms with Crippen LogP contribution in [0.25, 0.3) is 11.1 Å². The van der Waals surface area contributed by atoms with Crippen LogP contribution in [0.15, 0.2) is 54.7 Å². The van der Waals surface area contributed by atoms with Gasteiger partial charge in [0.15, 0.2) is 0 Å². The van der Waals surface area contributed by atoms with Crippen molar-refractivity contribution >= 4 is 17.4 Å². The van der Waals surface area contributed by atoms with Crippen LogP contribution in [0.3, 0.4) is 0 Å². The minimum atomic E-state index is -4.52. The maximum absolute atomic E-state index is 13.9. The molecule has 39 heavy (non-hydrogen) atoms. The molecule has 0 bridgehead atoms. The highest BCUT2D eigenvalue weighted by Crippen LogP contribution is 2.48. The zero-order valence-electron chi connectivity index (χ0n) is 22.8. The molecule has 0 aliphatic carbocycles. The number of piperazine rings is 1. The van der Waals surface area contributed by atoms with Gasteiger partial charge in [0.25, 0.3) is 5.82 Å². The lowest BCUT2D eigenvalue weighted by Gasteiger charge is -2.53. The molecule has 3 aromatic rings. The number of pyridine rings is 1. The number of carbonyl (C=O) groups is 1. The second-order valence-electron chi connectivity index (χ2n) is 11.0. The van der Waals surface area contributed by atoms with Gasteiger partial charge >= 0.3 is 6.18 Å². The average Bonchev–Trinajstić information content (AvgIpc) is 2.89. The number of halogens is 3. The van der Waals surface area contributed by atoms with Crippen LogP contribution in [-0.4, -0.2) is 50.1 Å². The summed E-state index contributed by atoms with van der Waals surface area (Å²) in [5, 5.41) is 13.4. The number of β-lactam (4-membered cyclic amide) rings is 1. The minimum absolute atomic E-state index is 0.324. The smallest absolute Gasteiger partial charge is 0.416 e. The normalized spacial score (nSPS) is 22.3. The number of aromatic nitrogens is 1. The zero-order valence-corrected chi connectivity index (χ0v) is 22.8. The van der Waals surface area contributed by atoms with E-state index in [1.807, 2.05) is 51.2 Å². The minimum Gasteiger partial charge on any atom is -0.711 e. The second-order valence-corrected chi connectivity index (χ2v) is 11.0. The largest absolute Gasteiger partial charge is 0.711 e. The lowest BCUT2D eigenvalue weighted by Crippen LogP contribution is -2.70. The summed E-state index contributed by atoms with van der Waals surface area (Å²) in [5.41, 5.74) is 1.91. The molecule has 2 aliphatic rings. The summed E-state index contributed by atoms with van der Waals surface area (Å²) in [6.07, 6.45) is -3.07. The van der Waals surface area contributed by atoms with Crippen molar-refractivity contribution in [3.8, 4) is 11.1 Å². The molecule has 2 saturated heterocycles. The molecule has 5 rings (SSSR count). The van der Waals surface area contributed by atoms with E-state index in [9.17, 15) is 23.2 Å². The van der Waals surface area contributed by atoms with E-state index in [1.54, 1.807) is 24.8 Å². The summed E-state index contributed by atoms with van der Waals surface area (Å²) in [7, 11) is 2.05. The van der Waals surface area contributed by atoms with Crippen LogP contribution in [0.2, 0.25) is 0 Å². The SMILES string of the molecule is Cc1cc(C(F)(F)F)cc(C2(C)C(=O)N(c3c[n+]([O-])c(N4CCN(C)CC4)cc3-c3ccccc3C)C2C)c1. The van der Waals surface area contributed by atoms with Gasteiger partial charge in [0.1, 0.15) is 6.20 Å². The standard InChI is InChI=1S/C30H33F3N4O2/c1-19-14-22(16-23(15-19)30(31,32)33)29(4)21(3)37(28(29)38)26-18-36(39)27(35-12-10-34(5)11-13-35)17-25(26)24-9-7-6-8-20(24)2/h6-9,14-18,21H,10-13H2,1-5H3. The summed E-state index contributed by atoms with van der Waals surface area (Å²) in [6.45, 7) is 10.2. The Morgan fingerprint density at radius 2 is 1.67 bits per heavy atom. The molecular weight excluding hydrogens is 505 g/mol. The van der Waals surface area contributed by atoms with Gasteiger partial charge in [0.05, 0.1) is 35.8 Å². The average molecular weight is 539 g/mol. The van der Waals surface area contributed by atoms with E-state index < -0.39 is 23.2 Å². The van der Waals surface area contributed by atoms with Crippen molar-refractivity contribution in [3.05, 3.63) is 82.2 Å². The Bertz CT molecular complexity index is 1430. The Kier molecular flexibility index (Phi) is 6.61. The lowest BCUT2D eigenvalue weighted by atomic mass is 9.67. The van der Waals surface area contributed by atoms with E-state index in [1.165, 1.54) is 6.20 Å². The number of alkyl halides is 3. The van der Waals surface area contributed by atoms with E-state index in [2.05, 4.69) is 9.80 Å². The van der Waals surface area contributed by atoms with Crippen LogP contribution >= 0.6 is 0 Å². The summed E-state index contributed by atoms with van der Waals surface area (Å²) < 4.78 is 41.6. The summed E-state index contributed by atoms with van der Waals surface area (Å²) >= 11 is 0. The number of rotatable bonds is 4. The monoisotopic (exact) mass is 538 g/mol. The van der Waals surface area contributed by atoms with Gasteiger partial charge in [-0.05, 0) is 63.6 Å². The van der Waals surface area contributed by atoms with Gasteiger partial charge in [0, 0.05) is 24.7 Å². The number of anilines is 2. The number of hydrogen-bond donors (Lipinski definition) is 0. The van der Waals surface area contributed by atoms with Gasteiger partial charge in [-0.3, -0.25) is 14.6 Å². The molecule has 0 saturated carbocycles. The maximum Gasteiger partial charge on any atom is 0.416 e. The first kappa shape index (κ1) is 27.0. The quantitative estimate of drug-likeness (QED) is 0.265. The molecule has 9 heteroatoms. The predicted octanol–water partition coefficient (Wildman–Crippen LogP) is 5.07. The Hall–Kier alpha value is -3.59. The van der Waals surface area contributed by atoms with Crippen LogP contribution in [0.5, 0.6) is 0 Å². The molecule has 0 N–H and O–H groups in total. The van der Waals surface area contributed by atoms with Crippen LogP contribution in [0.4, 0.5) is 24.7 Å². The molecule has 3 heterocycles. The first-order valence-corrected chi connectivity index (χ1v) is 13.1. The van der Waals surface area contributed by atoms with Crippen molar-refractivity contribution in [1.29, 1.82) is 0 Å². The number of likely N-dealkylation sites (N-methyl/N-ethyl adjacent to an activating group) is 1. The van der Waals surface area contributed by atoms with Crippen molar-refractivity contribution in [2.75, 3.05) is 43.0 Å². The Morgan fingerprint density at radius 3 is 2.28 bits per heavy atom. The van der Waals surface area contributed by atoms with E-state index in [4.69, 9.17) is 0 Å². The number of hydrogen-bond acceptors (Lipinski definition) is 4. The Balaban J connectivity index is 1.60. The first-order chi connectivity index (χ1) is 18.3. The third kappa shape index (κ3) is 4.52. The fourth-order valence-corrected chi connectivity index (χ4v) is 5.79. The third-order valence-electron chi connectivity index (χ3n) is 8.43. The number of nitrogens with zero attached hydrogens (tertiary/aromatic N) is 4. The maximum atomic E-state index is 13.9. The molecule has 2 aliphatic heterocycles. The highest BCUT2D eigenvalue weighted by Gasteiger charge is 2.58. The molecule has 0 radical (unpaired) electrons. The van der Waals surface area contributed by atoms with Gasteiger partial charge in [0.2, 0.25) is 5.91 Å². The fraction of sp³-hybridized carbons (Fsp3) is 0.400. The lowest BCUT2D eigenvalue weighted by molar-refractivity contribution is -0.591. The molecule has 1 aromatic heterocycles. The molecule has 2 atom stereocenters. The third-order valence-corrected chi connectivity index (χ3v) is 8.43. The summed E-state index contributed by atoms with van der Waals surface area (Å²) in [5.74, 6) is 0.179. The van der Waals surface area contributed by atoms with E-state index >= 15 is 0 Å². The van der Waals surface area contributed by atoms with Gasteiger partial charge in [-0.1, -0.05) is 35.9 Å². The molecule has 206 valence electrons. The molecule has 0 spiro atoms. The summed E-state index contributed by atoms with van der Waals surface area (Å²) in [6, 6.07) is 13.0. The zero-order chi connectivity index (χ0) is 28.3.